The van der Waals surface area contributed by atoms with Crippen molar-refractivity contribution in [2.75, 3.05) is 19.8 Å². The molecule has 0 radical (unpaired) electrons. The lowest BCUT2D eigenvalue weighted by molar-refractivity contribution is -0.207. The third kappa shape index (κ3) is 7.94. The zero-order valence-electron chi connectivity index (χ0n) is 17.6. The zero-order chi connectivity index (χ0) is 19.6. The first-order chi connectivity index (χ1) is 11.6. The molecule has 0 bridgehead atoms. The maximum absolute atomic E-state index is 9.99. The van der Waals surface area contributed by atoms with Crippen LogP contribution in [0.15, 0.2) is 0 Å². The summed E-state index contributed by atoms with van der Waals surface area (Å²) in [6.07, 6.45) is 8.27. The largest absolute Gasteiger partial charge is 0.396 e. The predicted molar refractivity (Wildman–Crippen MR) is 105 cm³/mol. The lowest BCUT2D eigenvalue weighted by Gasteiger charge is -2.49. The summed E-state index contributed by atoms with van der Waals surface area (Å²) in [5.41, 5.74) is -1.63. The highest BCUT2D eigenvalue weighted by molar-refractivity contribution is 4.96. The first-order valence-corrected chi connectivity index (χ1v) is 10.1. The van der Waals surface area contributed by atoms with Crippen molar-refractivity contribution in [2.45, 2.75) is 105 Å². The van der Waals surface area contributed by atoms with Gasteiger partial charge in [-0.1, -0.05) is 66.2 Å². The predicted octanol–water partition coefficient (Wildman–Crippen LogP) is 4.30. The second-order valence-electron chi connectivity index (χ2n) is 9.00. The molecule has 0 saturated heterocycles. The van der Waals surface area contributed by atoms with Crippen LogP contribution in [0.25, 0.3) is 0 Å². The van der Waals surface area contributed by atoms with E-state index in [2.05, 4.69) is 41.5 Å². The van der Waals surface area contributed by atoms with E-state index in [9.17, 15) is 15.3 Å². The van der Waals surface area contributed by atoms with Crippen LogP contribution >= 0.6 is 0 Å². The van der Waals surface area contributed by atoms with Crippen LogP contribution in [0.3, 0.4) is 0 Å². The summed E-state index contributed by atoms with van der Waals surface area (Å²) in [4.78, 5) is 0. The molecule has 0 amide bonds. The Hall–Kier alpha value is -0.160. The van der Waals surface area contributed by atoms with E-state index in [0.29, 0.717) is 0 Å². The number of hydrogen-bond acceptors (Lipinski definition) is 4. The number of aliphatic hydroxyl groups excluding tert-OH is 3. The summed E-state index contributed by atoms with van der Waals surface area (Å²) in [5, 5.41) is 30.0. The summed E-state index contributed by atoms with van der Waals surface area (Å²) in [6.45, 7) is 11.9. The van der Waals surface area contributed by atoms with Gasteiger partial charge in [0.25, 0.3) is 0 Å². The van der Waals surface area contributed by atoms with E-state index in [4.69, 9.17) is 4.74 Å². The summed E-state index contributed by atoms with van der Waals surface area (Å²) in [6, 6.07) is 0. The molecule has 4 nitrogen and oxygen atoms in total. The zero-order valence-corrected chi connectivity index (χ0v) is 17.6. The number of hydrogen-bond donors (Lipinski definition) is 3. The maximum Gasteiger partial charge on any atom is 0.0755 e. The van der Waals surface area contributed by atoms with Gasteiger partial charge in [0.2, 0.25) is 0 Å². The smallest absolute Gasteiger partial charge is 0.0755 e. The van der Waals surface area contributed by atoms with Crippen LogP contribution in [0.1, 0.15) is 92.9 Å². The number of ether oxygens (including phenoxy) is 1. The van der Waals surface area contributed by atoms with Gasteiger partial charge in [-0.25, -0.2) is 0 Å². The van der Waals surface area contributed by atoms with Gasteiger partial charge in [-0.05, 0) is 32.1 Å². The Morgan fingerprint density at radius 3 is 1.56 bits per heavy atom. The molecule has 0 spiro atoms. The van der Waals surface area contributed by atoms with Crippen molar-refractivity contribution >= 4 is 0 Å². The van der Waals surface area contributed by atoms with Crippen LogP contribution in [-0.2, 0) is 4.74 Å². The Balaban J connectivity index is 5.44. The fourth-order valence-corrected chi connectivity index (χ4v) is 3.65. The highest BCUT2D eigenvalue weighted by Crippen LogP contribution is 2.43. The van der Waals surface area contributed by atoms with Crippen molar-refractivity contribution in [1.82, 2.24) is 0 Å². The molecule has 0 aliphatic heterocycles. The highest BCUT2D eigenvalue weighted by atomic mass is 16.5. The number of aliphatic hydroxyl groups is 3. The lowest BCUT2D eigenvalue weighted by Crippen LogP contribution is -2.56. The summed E-state index contributed by atoms with van der Waals surface area (Å²) >= 11 is 0. The van der Waals surface area contributed by atoms with Crippen molar-refractivity contribution in [2.24, 2.45) is 10.8 Å². The Morgan fingerprint density at radius 2 is 1.16 bits per heavy atom. The standard InChI is InChI=1S/C21H44O4/c1-7-9-11-13-19(3,4)18(21(15-22,16-23)17-24)25-20(5,6)14-12-10-8-2/h18,22-24H,7-17H2,1-6H3. The average Bonchev–Trinajstić information content (AvgIpc) is 2.56. The second kappa shape index (κ2) is 11.5. The fourth-order valence-electron chi connectivity index (χ4n) is 3.65. The van der Waals surface area contributed by atoms with E-state index in [1.807, 2.05) is 0 Å². The van der Waals surface area contributed by atoms with Gasteiger partial charge >= 0.3 is 0 Å². The lowest BCUT2D eigenvalue weighted by atomic mass is 9.68. The van der Waals surface area contributed by atoms with Gasteiger partial charge in [-0.15, -0.1) is 0 Å². The van der Waals surface area contributed by atoms with E-state index < -0.39 is 11.5 Å². The van der Waals surface area contributed by atoms with Crippen molar-refractivity contribution in [3.63, 3.8) is 0 Å². The minimum absolute atomic E-state index is 0.245. The SMILES string of the molecule is CCCCCC(C)(C)OC(C(C)(C)CCCCC)C(CO)(CO)CO. The summed E-state index contributed by atoms with van der Waals surface area (Å²) in [5.74, 6) is 0. The van der Waals surface area contributed by atoms with Crippen LogP contribution in [0, 0.1) is 10.8 Å². The molecule has 1 unspecified atom stereocenters. The number of unbranched alkanes of at least 4 members (excludes halogenated alkanes) is 4. The van der Waals surface area contributed by atoms with E-state index in [1.54, 1.807) is 0 Å². The molecule has 152 valence electrons. The van der Waals surface area contributed by atoms with E-state index in [-0.39, 0.29) is 30.8 Å². The molecule has 0 aromatic heterocycles. The monoisotopic (exact) mass is 360 g/mol. The van der Waals surface area contributed by atoms with E-state index in [0.717, 1.165) is 44.9 Å². The van der Waals surface area contributed by atoms with Crippen LogP contribution in [0.4, 0.5) is 0 Å². The van der Waals surface area contributed by atoms with Crippen molar-refractivity contribution < 1.29 is 20.1 Å². The Bertz CT molecular complexity index is 327. The molecule has 1 atom stereocenters. The van der Waals surface area contributed by atoms with E-state index >= 15 is 0 Å². The third-order valence-electron chi connectivity index (χ3n) is 5.45. The molecule has 0 aliphatic carbocycles. The first-order valence-electron chi connectivity index (χ1n) is 10.1. The molecule has 0 rings (SSSR count). The van der Waals surface area contributed by atoms with Gasteiger partial charge in [0, 0.05) is 0 Å². The quantitative estimate of drug-likeness (QED) is 0.381. The van der Waals surface area contributed by atoms with Crippen molar-refractivity contribution in [1.29, 1.82) is 0 Å². The number of rotatable bonds is 15. The molecule has 0 aromatic carbocycles. The Labute approximate surface area is 156 Å². The molecule has 4 heteroatoms. The topological polar surface area (TPSA) is 69.9 Å². The molecule has 0 aliphatic rings. The van der Waals surface area contributed by atoms with Crippen LogP contribution < -0.4 is 0 Å². The van der Waals surface area contributed by atoms with Crippen LogP contribution in [-0.4, -0.2) is 46.8 Å². The van der Waals surface area contributed by atoms with Gasteiger partial charge in [0.15, 0.2) is 0 Å². The Morgan fingerprint density at radius 1 is 0.720 bits per heavy atom. The molecule has 0 saturated carbocycles. The van der Waals surface area contributed by atoms with Gasteiger partial charge in [0.1, 0.15) is 0 Å². The molecule has 0 heterocycles. The molecule has 25 heavy (non-hydrogen) atoms. The van der Waals surface area contributed by atoms with Crippen LogP contribution in [0.2, 0.25) is 0 Å². The Kier molecular flexibility index (Phi) is 11.5. The van der Waals surface area contributed by atoms with Gasteiger partial charge in [0.05, 0.1) is 36.9 Å². The fraction of sp³-hybridized carbons (Fsp3) is 1.00. The first kappa shape index (κ1) is 24.8. The van der Waals surface area contributed by atoms with Crippen molar-refractivity contribution in [3.8, 4) is 0 Å². The van der Waals surface area contributed by atoms with Crippen molar-refractivity contribution in [3.05, 3.63) is 0 Å². The normalized spacial score (nSPS) is 14.8. The minimum atomic E-state index is -1.03. The maximum atomic E-state index is 9.99. The van der Waals surface area contributed by atoms with E-state index in [1.165, 1.54) is 6.42 Å². The van der Waals surface area contributed by atoms with Gasteiger partial charge in [-0.2, -0.15) is 0 Å². The minimum Gasteiger partial charge on any atom is -0.396 e. The second-order valence-corrected chi connectivity index (χ2v) is 9.00. The molecular formula is C21H44O4. The molecule has 0 aromatic rings. The summed E-state index contributed by atoms with van der Waals surface area (Å²) < 4.78 is 6.54. The van der Waals surface area contributed by atoms with Crippen LogP contribution in [0.5, 0.6) is 0 Å². The molecule has 3 N–H and O–H groups in total. The third-order valence-corrected chi connectivity index (χ3v) is 5.45. The average molecular weight is 361 g/mol. The molecular weight excluding hydrogens is 316 g/mol. The van der Waals surface area contributed by atoms with Gasteiger partial charge < -0.3 is 20.1 Å². The highest BCUT2D eigenvalue weighted by Gasteiger charge is 2.48. The molecule has 0 fully saturated rings. The summed E-state index contributed by atoms with van der Waals surface area (Å²) in [7, 11) is 0. The van der Waals surface area contributed by atoms with Gasteiger partial charge in [-0.3, -0.25) is 0 Å².